The van der Waals surface area contributed by atoms with Gasteiger partial charge in [0.2, 0.25) is 10.6 Å². The van der Waals surface area contributed by atoms with E-state index in [0.29, 0.717) is 13.2 Å². The van der Waals surface area contributed by atoms with Gasteiger partial charge in [-0.3, -0.25) is 0 Å². The molecule has 0 amide bonds. The molecule has 15 heavy (non-hydrogen) atoms. The number of anilines is 1. The zero-order chi connectivity index (χ0) is 11.3. The van der Waals surface area contributed by atoms with Gasteiger partial charge in [-0.2, -0.15) is 15.0 Å². The third-order valence-electron chi connectivity index (χ3n) is 1.23. The first-order valence-corrected chi connectivity index (χ1v) is 5.06. The highest BCUT2D eigenvalue weighted by molar-refractivity contribution is 6.31. The van der Waals surface area contributed by atoms with Crippen molar-refractivity contribution in [2.45, 2.75) is 13.8 Å². The average molecular weight is 253 g/mol. The van der Waals surface area contributed by atoms with Crippen LogP contribution in [0.5, 0.6) is 0 Å². The van der Waals surface area contributed by atoms with Crippen LogP contribution in [-0.4, -0.2) is 28.2 Å². The van der Waals surface area contributed by atoms with Crippen LogP contribution in [-0.2, 0) is 9.68 Å². The normalized spacial score (nSPS) is 10.4. The topological polar surface area (TPSA) is 60.4 Å². The van der Waals surface area contributed by atoms with Gasteiger partial charge in [0.15, 0.2) is 0 Å². The van der Waals surface area contributed by atoms with E-state index in [1.54, 1.807) is 13.8 Å². The lowest BCUT2D eigenvalue weighted by atomic mass is 10.9. The fraction of sp³-hybridized carbons (Fsp3) is 0.571. The van der Waals surface area contributed by atoms with Crippen LogP contribution in [0.1, 0.15) is 13.8 Å². The summed E-state index contributed by atoms with van der Waals surface area (Å²) in [5, 5.41) is 1.02. The molecule has 1 rings (SSSR count). The highest BCUT2D eigenvalue weighted by atomic mass is 35.5. The summed E-state index contributed by atoms with van der Waals surface area (Å²) in [6.07, 6.45) is 0. The molecule has 0 aliphatic heterocycles. The number of hydrogen-bond donors (Lipinski definition) is 0. The molecule has 8 heteroatoms. The van der Waals surface area contributed by atoms with E-state index in [2.05, 4.69) is 15.0 Å². The smallest absolute Gasteiger partial charge is 0.246 e. The summed E-state index contributed by atoms with van der Waals surface area (Å²) in [7, 11) is 0. The molecule has 1 aromatic rings. The fourth-order valence-electron chi connectivity index (χ4n) is 0.785. The first kappa shape index (κ1) is 12.4. The molecule has 0 aliphatic rings. The predicted octanol–water partition coefficient (Wildman–Crippen LogP) is 1.89. The second-order valence-electron chi connectivity index (χ2n) is 2.27. The molecule has 84 valence electrons. The minimum atomic E-state index is -0.0191. The zero-order valence-corrected chi connectivity index (χ0v) is 9.79. The van der Waals surface area contributed by atoms with Crippen LogP contribution < -0.4 is 5.23 Å². The van der Waals surface area contributed by atoms with Gasteiger partial charge in [0.05, 0.1) is 13.2 Å². The van der Waals surface area contributed by atoms with Crippen LogP contribution in [0.2, 0.25) is 10.6 Å². The van der Waals surface area contributed by atoms with Crippen molar-refractivity contribution in [1.82, 2.24) is 15.0 Å². The van der Waals surface area contributed by atoms with Gasteiger partial charge in [-0.15, -0.1) is 0 Å². The van der Waals surface area contributed by atoms with Gasteiger partial charge in [0.25, 0.3) is 5.95 Å². The maximum Gasteiger partial charge on any atom is 0.283 e. The van der Waals surface area contributed by atoms with Crippen molar-refractivity contribution in [3.05, 3.63) is 10.6 Å². The highest BCUT2D eigenvalue weighted by Gasteiger charge is 2.13. The molecular weight excluding hydrogens is 243 g/mol. The lowest BCUT2D eigenvalue weighted by Crippen LogP contribution is -2.26. The van der Waals surface area contributed by atoms with E-state index in [-0.39, 0.29) is 16.5 Å². The third-order valence-corrected chi connectivity index (χ3v) is 1.56. The molecule has 0 spiro atoms. The summed E-state index contributed by atoms with van der Waals surface area (Å²) in [6.45, 7) is 4.41. The SMILES string of the molecule is CCON(OCC)c1nc(Cl)nc(Cl)n1. The first-order valence-electron chi connectivity index (χ1n) is 4.30. The van der Waals surface area contributed by atoms with Gasteiger partial charge in [0.1, 0.15) is 0 Å². The predicted molar refractivity (Wildman–Crippen MR) is 55.6 cm³/mol. The molecule has 0 saturated heterocycles. The maximum absolute atomic E-state index is 5.61. The molecule has 0 saturated carbocycles. The summed E-state index contributed by atoms with van der Waals surface area (Å²) in [5.74, 6) is 0.115. The Kier molecular flexibility index (Phi) is 4.97. The van der Waals surface area contributed by atoms with Crippen LogP contribution in [0.25, 0.3) is 0 Å². The fourth-order valence-corrected chi connectivity index (χ4v) is 1.14. The standard InChI is InChI=1S/C7H10Cl2N4O2/c1-3-14-13(15-4-2)7-11-5(8)10-6(9)12-7/h3-4H2,1-2H3. The molecule has 0 atom stereocenters. The van der Waals surface area contributed by atoms with Crippen molar-refractivity contribution >= 4 is 29.2 Å². The Morgan fingerprint density at radius 3 is 1.87 bits per heavy atom. The summed E-state index contributed by atoms with van der Waals surface area (Å²) in [5.41, 5.74) is 0. The van der Waals surface area contributed by atoms with Gasteiger partial charge < -0.3 is 0 Å². The van der Waals surface area contributed by atoms with Crippen LogP contribution >= 0.6 is 23.2 Å². The average Bonchev–Trinajstić information content (AvgIpc) is 2.16. The number of halogens is 2. The second-order valence-corrected chi connectivity index (χ2v) is 2.94. The molecule has 6 nitrogen and oxygen atoms in total. The molecule has 0 aromatic carbocycles. The summed E-state index contributed by atoms with van der Waals surface area (Å²) < 4.78 is 0. The molecular formula is C7H10Cl2N4O2. The molecule has 0 unspecified atom stereocenters. The largest absolute Gasteiger partial charge is 0.283 e. The van der Waals surface area contributed by atoms with E-state index < -0.39 is 0 Å². The summed E-state index contributed by atoms with van der Waals surface area (Å²) in [6, 6.07) is 0. The van der Waals surface area contributed by atoms with Gasteiger partial charge in [-0.05, 0) is 37.0 Å². The monoisotopic (exact) mass is 252 g/mol. The van der Waals surface area contributed by atoms with Crippen LogP contribution in [0.15, 0.2) is 0 Å². The van der Waals surface area contributed by atoms with Gasteiger partial charge >= 0.3 is 0 Å². The van der Waals surface area contributed by atoms with Crippen molar-refractivity contribution in [2.75, 3.05) is 18.4 Å². The zero-order valence-electron chi connectivity index (χ0n) is 8.28. The summed E-state index contributed by atoms with van der Waals surface area (Å²) >= 11 is 11.2. The molecule has 1 heterocycles. The third kappa shape index (κ3) is 3.75. The van der Waals surface area contributed by atoms with Gasteiger partial charge in [-0.1, -0.05) is 5.23 Å². The van der Waals surface area contributed by atoms with E-state index in [0.717, 1.165) is 5.23 Å². The molecule has 1 aromatic heterocycles. The maximum atomic E-state index is 5.61. The molecule has 0 fully saturated rings. The van der Waals surface area contributed by atoms with Crippen molar-refractivity contribution in [1.29, 1.82) is 0 Å². The number of hydrogen-bond acceptors (Lipinski definition) is 6. The lowest BCUT2D eigenvalue weighted by molar-refractivity contribution is -0.0851. The van der Waals surface area contributed by atoms with Crippen LogP contribution in [0.3, 0.4) is 0 Å². The molecule has 0 radical (unpaired) electrons. The summed E-state index contributed by atoms with van der Waals surface area (Å²) in [4.78, 5) is 21.5. The molecule has 0 bridgehead atoms. The van der Waals surface area contributed by atoms with Gasteiger partial charge in [-0.25, -0.2) is 9.68 Å². The quantitative estimate of drug-likeness (QED) is 0.747. The Balaban J connectivity index is 2.88. The Hall–Kier alpha value is -0.690. The van der Waals surface area contributed by atoms with E-state index >= 15 is 0 Å². The second kappa shape index (κ2) is 6.02. The van der Waals surface area contributed by atoms with E-state index in [1.165, 1.54) is 0 Å². The minimum Gasteiger partial charge on any atom is -0.246 e. The van der Waals surface area contributed by atoms with Crippen molar-refractivity contribution in [2.24, 2.45) is 0 Å². The number of rotatable bonds is 5. The van der Waals surface area contributed by atoms with Crippen molar-refractivity contribution in [3.63, 3.8) is 0 Å². The minimum absolute atomic E-state index is 0.0191. The lowest BCUT2D eigenvalue weighted by Gasteiger charge is -2.18. The van der Waals surface area contributed by atoms with E-state index in [9.17, 15) is 0 Å². The van der Waals surface area contributed by atoms with E-state index in [4.69, 9.17) is 32.9 Å². The Labute approximate surface area is 97.1 Å². The highest BCUT2D eigenvalue weighted by Crippen LogP contribution is 2.14. The Bertz CT molecular complexity index is 300. The Morgan fingerprint density at radius 2 is 1.47 bits per heavy atom. The number of aromatic nitrogens is 3. The van der Waals surface area contributed by atoms with Crippen LogP contribution in [0, 0.1) is 0 Å². The van der Waals surface area contributed by atoms with Crippen molar-refractivity contribution < 1.29 is 9.68 Å². The van der Waals surface area contributed by atoms with Gasteiger partial charge in [0, 0.05) is 0 Å². The first-order chi connectivity index (χ1) is 7.17. The van der Waals surface area contributed by atoms with Crippen molar-refractivity contribution in [3.8, 4) is 0 Å². The Morgan fingerprint density at radius 1 is 1.00 bits per heavy atom. The van der Waals surface area contributed by atoms with E-state index in [1.807, 2.05) is 0 Å². The van der Waals surface area contributed by atoms with Crippen LogP contribution in [0.4, 0.5) is 5.95 Å². The number of nitrogens with zero attached hydrogens (tertiary/aromatic N) is 4. The molecule has 0 aliphatic carbocycles. The molecule has 0 N–H and O–H groups in total.